The molecule has 4 nitrogen and oxygen atoms in total. The van der Waals surface area contributed by atoms with E-state index in [0.29, 0.717) is 11.0 Å². The molecule has 0 N–H and O–H groups in total. The van der Waals surface area contributed by atoms with Crippen LogP contribution in [-0.4, -0.2) is 12.9 Å². The van der Waals surface area contributed by atoms with Crippen LogP contribution < -0.4 is 10.4 Å². The lowest BCUT2D eigenvalue weighted by molar-refractivity contribution is 0.104. The van der Waals surface area contributed by atoms with Gasteiger partial charge in [0.2, 0.25) is 0 Å². The fraction of sp³-hybridized carbons (Fsp3) is 0.0526. The van der Waals surface area contributed by atoms with Gasteiger partial charge in [0.15, 0.2) is 5.78 Å². The van der Waals surface area contributed by atoms with Crippen molar-refractivity contribution in [3.63, 3.8) is 0 Å². The van der Waals surface area contributed by atoms with Crippen LogP contribution in [0.1, 0.15) is 15.9 Å². The molecule has 3 rings (SSSR count). The Kier molecular flexibility index (Phi) is 4.06. The predicted molar refractivity (Wildman–Crippen MR) is 88.8 cm³/mol. The first kappa shape index (κ1) is 14.8. The zero-order valence-electron chi connectivity index (χ0n) is 12.5. The summed E-state index contributed by atoms with van der Waals surface area (Å²) in [6.45, 7) is 0. The van der Waals surface area contributed by atoms with Crippen LogP contribution in [0.5, 0.6) is 5.75 Å². The van der Waals surface area contributed by atoms with Gasteiger partial charge in [0, 0.05) is 5.39 Å². The van der Waals surface area contributed by atoms with Gasteiger partial charge >= 0.3 is 5.63 Å². The molecule has 0 aliphatic heterocycles. The number of rotatable bonds is 4. The largest absolute Gasteiger partial charge is 0.497 e. The topological polar surface area (TPSA) is 56.5 Å². The lowest BCUT2D eigenvalue weighted by atomic mass is 10.1. The highest BCUT2D eigenvalue weighted by molar-refractivity contribution is 6.07. The number of hydrogen-bond donors (Lipinski definition) is 0. The number of ketones is 1. The van der Waals surface area contributed by atoms with E-state index in [1.54, 1.807) is 49.6 Å². The van der Waals surface area contributed by atoms with E-state index in [0.717, 1.165) is 11.3 Å². The molecule has 0 aliphatic rings. The van der Waals surface area contributed by atoms with Crippen LogP contribution in [0.2, 0.25) is 0 Å². The first-order chi connectivity index (χ1) is 11.2. The maximum absolute atomic E-state index is 12.2. The molecule has 1 heterocycles. The van der Waals surface area contributed by atoms with E-state index < -0.39 is 5.63 Å². The van der Waals surface area contributed by atoms with Crippen molar-refractivity contribution in [1.82, 2.24) is 0 Å². The summed E-state index contributed by atoms with van der Waals surface area (Å²) in [5, 5.41) is 0.716. The van der Waals surface area contributed by atoms with Crippen LogP contribution in [-0.2, 0) is 0 Å². The Hall–Kier alpha value is -3.14. The fourth-order valence-corrected chi connectivity index (χ4v) is 2.21. The van der Waals surface area contributed by atoms with Gasteiger partial charge in [-0.05, 0) is 35.9 Å². The van der Waals surface area contributed by atoms with Crippen molar-refractivity contribution in [2.45, 2.75) is 0 Å². The van der Waals surface area contributed by atoms with E-state index in [1.165, 1.54) is 6.08 Å². The van der Waals surface area contributed by atoms with Gasteiger partial charge in [-0.1, -0.05) is 36.4 Å². The SMILES string of the molecule is COc1ccc(/C=C\C(=O)c2cc3ccccc3oc2=O)cc1. The molecule has 0 amide bonds. The van der Waals surface area contributed by atoms with Gasteiger partial charge in [-0.15, -0.1) is 0 Å². The minimum Gasteiger partial charge on any atom is -0.497 e. The zero-order valence-corrected chi connectivity index (χ0v) is 12.5. The normalized spacial score (nSPS) is 11.0. The van der Waals surface area contributed by atoms with Gasteiger partial charge in [0.25, 0.3) is 0 Å². The molecule has 4 heteroatoms. The maximum Gasteiger partial charge on any atom is 0.347 e. The van der Waals surface area contributed by atoms with Gasteiger partial charge in [-0.25, -0.2) is 4.79 Å². The summed E-state index contributed by atoms with van der Waals surface area (Å²) >= 11 is 0. The third-order valence-electron chi connectivity index (χ3n) is 3.45. The number of methoxy groups -OCH3 is 1. The van der Waals surface area contributed by atoms with Crippen molar-refractivity contribution in [1.29, 1.82) is 0 Å². The van der Waals surface area contributed by atoms with Crippen LogP contribution in [0.3, 0.4) is 0 Å². The van der Waals surface area contributed by atoms with Crippen LogP contribution in [0, 0.1) is 0 Å². The minimum absolute atomic E-state index is 0.0217. The molecule has 114 valence electrons. The number of hydrogen-bond acceptors (Lipinski definition) is 4. The summed E-state index contributed by atoms with van der Waals surface area (Å²) in [7, 11) is 1.59. The van der Waals surface area contributed by atoms with Crippen LogP contribution in [0.4, 0.5) is 0 Å². The number of allylic oxidation sites excluding steroid dienone is 1. The molecule has 0 saturated heterocycles. The summed E-state index contributed by atoms with van der Waals surface area (Å²) in [4.78, 5) is 24.2. The second-order valence-corrected chi connectivity index (χ2v) is 4.96. The van der Waals surface area contributed by atoms with E-state index in [2.05, 4.69) is 0 Å². The summed E-state index contributed by atoms with van der Waals surface area (Å²) in [5.74, 6) is 0.351. The highest BCUT2D eigenvalue weighted by Crippen LogP contribution is 2.15. The molecule has 3 aromatic rings. The van der Waals surface area contributed by atoms with Crippen molar-refractivity contribution in [3.05, 3.63) is 82.2 Å². The summed E-state index contributed by atoms with van der Waals surface area (Å²) in [6, 6.07) is 15.9. The molecular formula is C19H14O4. The number of fused-ring (bicyclic) bond motifs is 1. The van der Waals surface area contributed by atoms with Gasteiger partial charge in [0.1, 0.15) is 16.9 Å². The van der Waals surface area contributed by atoms with Crippen molar-refractivity contribution in [3.8, 4) is 5.75 Å². The van der Waals surface area contributed by atoms with Crippen molar-refractivity contribution in [2.75, 3.05) is 7.11 Å². The minimum atomic E-state index is -0.631. The molecule has 0 atom stereocenters. The average molecular weight is 306 g/mol. The van der Waals surface area contributed by atoms with Crippen molar-refractivity contribution >= 4 is 22.8 Å². The Morgan fingerprint density at radius 1 is 1.09 bits per heavy atom. The summed E-state index contributed by atoms with van der Waals surface area (Å²) in [6.07, 6.45) is 3.01. The first-order valence-corrected chi connectivity index (χ1v) is 7.07. The molecule has 0 radical (unpaired) electrons. The number of carbonyl (C=O) groups excluding carboxylic acids is 1. The average Bonchev–Trinajstić information content (AvgIpc) is 2.59. The fourth-order valence-electron chi connectivity index (χ4n) is 2.21. The van der Waals surface area contributed by atoms with E-state index in [9.17, 15) is 9.59 Å². The second-order valence-electron chi connectivity index (χ2n) is 4.96. The third kappa shape index (κ3) is 3.21. The molecule has 23 heavy (non-hydrogen) atoms. The third-order valence-corrected chi connectivity index (χ3v) is 3.45. The highest BCUT2D eigenvalue weighted by atomic mass is 16.5. The van der Waals surface area contributed by atoms with Crippen molar-refractivity contribution < 1.29 is 13.9 Å². The molecule has 1 aromatic heterocycles. The Balaban J connectivity index is 1.89. The number of ether oxygens (including phenoxy) is 1. The molecule has 0 fully saturated rings. The van der Waals surface area contributed by atoms with Crippen LogP contribution >= 0.6 is 0 Å². The van der Waals surface area contributed by atoms with Gasteiger partial charge in [-0.3, -0.25) is 4.79 Å². The van der Waals surface area contributed by atoms with Crippen molar-refractivity contribution in [2.24, 2.45) is 0 Å². The summed E-state index contributed by atoms with van der Waals surface area (Å²) < 4.78 is 10.2. The Labute approximate surface area is 132 Å². The molecule has 2 aromatic carbocycles. The van der Waals surface area contributed by atoms with E-state index >= 15 is 0 Å². The zero-order chi connectivity index (χ0) is 16.2. The molecule has 0 aliphatic carbocycles. The van der Waals surface area contributed by atoms with Gasteiger partial charge < -0.3 is 9.15 Å². The van der Waals surface area contributed by atoms with E-state index in [1.807, 2.05) is 18.2 Å². The van der Waals surface area contributed by atoms with Crippen LogP contribution in [0.25, 0.3) is 17.0 Å². The lowest BCUT2D eigenvalue weighted by Gasteiger charge is -2.00. The first-order valence-electron chi connectivity index (χ1n) is 7.07. The van der Waals surface area contributed by atoms with E-state index in [-0.39, 0.29) is 11.3 Å². The predicted octanol–water partition coefficient (Wildman–Crippen LogP) is 3.70. The molecular weight excluding hydrogens is 292 g/mol. The molecule has 0 spiro atoms. The Bertz CT molecular complexity index is 933. The Morgan fingerprint density at radius 2 is 1.83 bits per heavy atom. The maximum atomic E-state index is 12.2. The summed E-state index contributed by atoms with van der Waals surface area (Å²) in [5.41, 5.74) is 0.694. The molecule has 0 saturated carbocycles. The van der Waals surface area contributed by atoms with Gasteiger partial charge in [-0.2, -0.15) is 0 Å². The molecule has 0 unspecified atom stereocenters. The quantitative estimate of drug-likeness (QED) is 0.419. The second kappa shape index (κ2) is 6.32. The smallest absolute Gasteiger partial charge is 0.347 e. The highest BCUT2D eigenvalue weighted by Gasteiger charge is 2.10. The number of benzene rings is 2. The number of para-hydroxylation sites is 1. The van der Waals surface area contributed by atoms with Gasteiger partial charge in [0.05, 0.1) is 7.11 Å². The van der Waals surface area contributed by atoms with E-state index in [4.69, 9.17) is 9.15 Å². The lowest BCUT2D eigenvalue weighted by Crippen LogP contribution is -2.11. The standard InChI is InChI=1S/C19H14O4/c1-22-15-9-6-13(7-10-15)8-11-17(20)16-12-14-4-2-3-5-18(14)23-19(16)21/h2-12H,1H3/b11-8-. The Morgan fingerprint density at radius 3 is 2.57 bits per heavy atom. The van der Waals surface area contributed by atoms with Crippen LogP contribution in [0.15, 0.2) is 69.9 Å². The monoisotopic (exact) mass is 306 g/mol. The molecule has 0 bridgehead atoms. The number of carbonyl (C=O) groups is 1.